The number of aromatic amines is 1. The third-order valence-electron chi connectivity index (χ3n) is 6.40. The second-order valence-electron chi connectivity index (χ2n) is 8.53. The molecule has 1 fully saturated rings. The first-order valence-electron chi connectivity index (χ1n) is 11.5. The van der Waals surface area contributed by atoms with Crippen molar-refractivity contribution in [3.63, 3.8) is 0 Å². The van der Waals surface area contributed by atoms with E-state index in [1.54, 1.807) is 30.3 Å². The molecule has 1 aliphatic heterocycles. The molecule has 1 saturated heterocycles. The number of fused-ring (bicyclic) bond motifs is 1. The van der Waals surface area contributed by atoms with Crippen molar-refractivity contribution in [1.29, 1.82) is 0 Å². The molecule has 2 heterocycles. The van der Waals surface area contributed by atoms with E-state index in [4.69, 9.17) is 0 Å². The molecule has 9 heteroatoms. The van der Waals surface area contributed by atoms with Gasteiger partial charge in [-0.1, -0.05) is 36.4 Å². The number of nitro benzene ring substituents is 1. The molecule has 0 saturated carbocycles. The Hall–Kier alpha value is -4.79. The summed E-state index contributed by atoms with van der Waals surface area (Å²) >= 11 is 0. The van der Waals surface area contributed by atoms with Crippen molar-refractivity contribution in [2.75, 3.05) is 11.4 Å². The Morgan fingerprint density at radius 1 is 1.00 bits per heavy atom. The number of amides is 3. The minimum absolute atomic E-state index is 0.139. The lowest BCUT2D eigenvalue weighted by Gasteiger charge is -2.28. The van der Waals surface area contributed by atoms with Gasteiger partial charge in [0.25, 0.3) is 17.5 Å². The lowest BCUT2D eigenvalue weighted by atomic mass is 10.1. The van der Waals surface area contributed by atoms with Gasteiger partial charge in [-0.2, -0.15) is 0 Å². The summed E-state index contributed by atoms with van der Waals surface area (Å²) in [7, 11) is 0. The van der Waals surface area contributed by atoms with Gasteiger partial charge in [-0.05, 0) is 42.3 Å². The predicted octanol–water partition coefficient (Wildman–Crippen LogP) is 4.09. The lowest BCUT2D eigenvalue weighted by Crippen LogP contribution is -2.46. The molecule has 36 heavy (non-hydrogen) atoms. The third-order valence-corrected chi connectivity index (χ3v) is 6.40. The van der Waals surface area contributed by atoms with Crippen LogP contribution < -0.4 is 4.90 Å². The van der Waals surface area contributed by atoms with Crippen LogP contribution in [-0.2, 0) is 16.0 Å². The van der Waals surface area contributed by atoms with Crippen LogP contribution in [0.3, 0.4) is 0 Å². The first-order chi connectivity index (χ1) is 17.4. The predicted molar refractivity (Wildman–Crippen MR) is 133 cm³/mol. The minimum Gasteiger partial charge on any atom is -0.361 e. The maximum Gasteiger partial charge on any atom is 0.269 e. The number of para-hydroxylation sites is 2. The molecule has 5 rings (SSSR count). The molecule has 0 spiro atoms. The van der Waals surface area contributed by atoms with Crippen LogP contribution in [0.2, 0.25) is 0 Å². The first kappa shape index (κ1) is 23.0. The fraction of sp³-hybridized carbons (Fsp3) is 0.148. The molecule has 0 aliphatic carbocycles. The fourth-order valence-corrected chi connectivity index (χ4v) is 4.58. The highest BCUT2D eigenvalue weighted by Crippen LogP contribution is 2.28. The molecule has 1 aliphatic rings. The van der Waals surface area contributed by atoms with E-state index in [2.05, 4.69) is 4.98 Å². The topological polar surface area (TPSA) is 117 Å². The Labute approximate surface area is 206 Å². The minimum atomic E-state index is -0.981. The number of hydrogen-bond acceptors (Lipinski definition) is 5. The van der Waals surface area contributed by atoms with Crippen molar-refractivity contribution in [1.82, 2.24) is 9.88 Å². The smallest absolute Gasteiger partial charge is 0.269 e. The molecular weight excluding hydrogens is 460 g/mol. The molecule has 4 aromatic rings. The number of imide groups is 1. The fourth-order valence-electron chi connectivity index (χ4n) is 4.58. The van der Waals surface area contributed by atoms with Gasteiger partial charge in [-0.25, -0.2) is 4.90 Å². The van der Waals surface area contributed by atoms with Crippen LogP contribution >= 0.6 is 0 Å². The monoisotopic (exact) mass is 482 g/mol. The molecular formula is C27H22N4O5. The summed E-state index contributed by atoms with van der Waals surface area (Å²) in [6.07, 6.45) is 2.18. The van der Waals surface area contributed by atoms with Crippen molar-refractivity contribution in [2.24, 2.45) is 0 Å². The van der Waals surface area contributed by atoms with Crippen LogP contribution in [0, 0.1) is 10.1 Å². The zero-order chi connectivity index (χ0) is 25.2. The van der Waals surface area contributed by atoms with Gasteiger partial charge in [-0.3, -0.25) is 24.5 Å². The maximum atomic E-state index is 13.6. The molecule has 0 radical (unpaired) electrons. The van der Waals surface area contributed by atoms with Crippen LogP contribution in [0.25, 0.3) is 10.9 Å². The van der Waals surface area contributed by atoms with Crippen molar-refractivity contribution in [2.45, 2.75) is 18.9 Å². The van der Waals surface area contributed by atoms with E-state index in [0.29, 0.717) is 12.1 Å². The molecule has 9 nitrogen and oxygen atoms in total. The van der Waals surface area contributed by atoms with Gasteiger partial charge in [-0.15, -0.1) is 0 Å². The number of aromatic nitrogens is 1. The summed E-state index contributed by atoms with van der Waals surface area (Å²) in [5.74, 6) is -1.32. The van der Waals surface area contributed by atoms with Gasteiger partial charge >= 0.3 is 0 Å². The van der Waals surface area contributed by atoms with Gasteiger partial charge in [0.05, 0.1) is 17.0 Å². The average molecular weight is 482 g/mol. The van der Waals surface area contributed by atoms with Crippen molar-refractivity contribution in [3.8, 4) is 0 Å². The van der Waals surface area contributed by atoms with E-state index in [9.17, 15) is 24.5 Å². The van der Waals surface area contributed by atoms with E-state index in [1.165, 1.54) is 29.2 Å². The Morgan fingerprint density at radius 2 is 1.69 bits per heavy atom. The molecule has 1 atom stereocenters. The molecule has 1 aromatic heterocycles. The van der Waals surface area contributed by atoms with Gasteiger partial charge in [0.15, 0.2) is 0 Å². The number of anilines is 1. The van der Waals surface area contributed by atoms with Gasteiger partial charge in [0.2, 0.25) is 5.91 Å². The Balaban J connectivity index is 1.46. The summed E-state index contributed by atoms with van der Waals surface area (Å²) in [4.78, 5) is 56.1. The van der Waals surface area contributed by atoms with Gasteiger partial charge in [0, 0.05) is 41.3 Å². The molecule has 180 valence electrons. The highest BCUT2D eigenvalue weighted by atomic mass is 16.6. The highest BCUT2D eigenvalue weighted by molar-refractivity contribution is 6.23. The Morgan fingerprint density at radius 3 is 2.42 bits per heavy atom. The molecule has 3 amide bonds. The van der Waals surface area contributed by atoms with Crippen molar-refractivity contribution < 1.29 is 19.3 Å². The number of nitrogens with zero attached hydrogens (tertiary/aromatic N) is 3. The molecule has 1 unspecified atom stereocenters. The standard InChI is InChI=1S/C27H22N4O5/c32-25-16-24(27(34)30(25)20-6-2-1-3-7-20)29(26(33)18-10-12-21(13-11-18)31(35)36)15-14-19-17-28-23-9-5-4-8-22(19)23/h1-13,17,24,28H,14-16H2. The largest absolute Gasteiger partial charge is 0.361 e. The van der Waals surface area contributed by atoms with E-state index in [0.717, 1.165) is 21.4 Å². The first-order valence-corrected chi connectivity index (χ1v) is 11.5. The number of nitro groups is 1. The van der Waals surface area contributed by atoms with E-state index >= 15 is 0 Å². The number of H-pyrrole nitrogens is 1. The van der Waals surface area contributed by atoms with Gasteiger partial charge < -0.3 is 9.88 Å². The number of carbonyl (C=O) groups is 3. The second-order valence-corrected chi connectivity index (χ2v) is 8.53. The van der Waals surface area contributed by atoms with Gasteiger partial charge in [0.1, 0.15) is 6.04 Å². The summed E-state index contributed by atoms with van der Waals surface area (Å²) in [6.45, 7) is 0.185. The number of carbonyl (C=O) groups excluding carboxylic acids is 3. The van der Waals surface area contributed by atoms with E-state index < -0.39 is 22.8 Å². The summed E-state index contributed by atoms with van der Waals surface area (Å²) in [6, 6.07) is 20.7. The maximum absolute atomic E-state index is 13.6. The zero-order valence-corrected chi connectivity index (χ0v) is 19.2. The van der Waals surface area contributed by atoms with Crippen molar-refractivity contribution in [3.05, 3.63) is 106 Å². The quantitative estimate of drug-likeness (QED) is 0.242. The zero-order valence-electron chi connectivity index (χ0n) is 19.2. The third kappa shape index (κ3) is 4.22. The number of rotatable bonds is 7. The summed E-state index contributed by atoms with van der Waals surface area (Å²) in [5, 5.41) is 12.0. The van der Waals surface area contributed by atoms with E-state index in [-0.39, 0.29) is 30.1 Å². The molecule has 0 bridgehead atoms. The molecule has 3 aromatic carbocycles. The SMILES string of the molecule is O=C1CC(N(CCc2c[nH]c3ccccc23)C(=O)c2ccc([N+](=O)[O-])cc2)C(=O)N1c1ccccc1. The van der Waals surface area contributed by atoms with Crippen molar-refractivity contribution >= 4 is 40.0 Å². The number of non-ortho nitro benzene ring substituents is 1. The van der Waals surface area contributed by atoms with Crippen LogP contribution in [0.1, 0.15) is 22.3 Å². The lowest BCUT2D eigenvalue weighted by molar-refractivity contribution is -0.384. The van der Waals surface area contributed by atoms with Crippen LogP contribution in [0.5, 0.6) is 0 Å². The summed E-state index contributed by atoms with van der Waals surface area (Å²) < 4.78 is 0. The number of nitrogens with one attached hydrogen (secondary N) is 1. The van der Waals surface area contributed by atoms with E-state index in [1.807, 2.05) is 30.5 Å². The van der Waals surface area contributed by atoms with Crippen LogP contribution in [0.15, 0.2) is 85.1 Å². The second kappa shape index (κ2) is 9.46. The Kier molecular flexibility index (Phi) is 6.03. The highest BCUT2D eigenvalue weighted by Gasteiger charge is 2.44. The summed E-state index contributed by atoms with van der Waals surface area (Å²) in [5.41, 5.74) is 2.46. The molecule has 1 N–H and O–H groups in total. The Bertz CT molecular complexity index is 1460. The number of hydrogen-bond donors (Lipinski definition) is 1. The normalized spacial score (nSPS) is 15.4. The average Bonchev–Trinajstić information content (AvgIpc) is 3.44. The number of benzene rings is 3. The van der Waals surface area contributed by atoms with Crippen LogP contribution in [0.4, 0.5) is 11.4 Å². The van der Waals surface area contributed by atoms with Crippen LogP contribution in [-0.4, -0.2) is 45.1 Å².